The van der Waals surface area contributed by atoms with Gasteiger partial charge in [-0.3, -0.25) is 5.10 Å². The van der Waals surface area contributed by atoms with Crippen molar-refractivity contribution in [1.29, 1.82) is 0 Å². The molecule has 0 spiro atoms. The van der Waals surface area contributed by atoms with Crippen molar-refractivity contribution >= 4 is 17.4 Å². The molecule has 1 aromatic carbocycles. The summed E-state index contributed by atoms with van der Waals surface area (Å²) < 4.78 is 0. The lowest BCUT2D eigenvalue weighted by atomic mass is 9.84. The smallest absolute Gasteiger partial charge is 0.188 e. The van der Waals surface area contributed by atoms with Crippen molar-refractivity contribution in [3.05, 3.63) is 30.6 Å². The maximum absolute atomic E-state index is 4.13. The predicted molar refractivity (Wildman–Crippen MR) is 83.5 cm³/mol. The van der Waals surface area contributed by atoms with Crippen molar-refractivity contribution in [2.24, 2.45) is 5.92 Å². The van der Waals surface area contributed by atoms with Crippen LogP contribution in [0, 0.1) is 5.92 Å². The van der Waals surface area contributed by atoms with Crippen LogP contribution in [0.3, 0.4) is 0 Å². The molecule has 21 heavy (non-hydrogen) atoms. The third-order valence-corrected chi connectivity index (χ3v) is 5.37. The fraction of sp³-hybridized carbons (Fsp3) is 0.467. The van der Waals surface area contributed by atoms with E-state index in [1.807, 2.05) is 0 Å². The molecular weight excluding hydrogens is 282 g/mol. The van der Waals surface area contributed by atoms with Crippen LogP contribution < -0.4 is 5.32 Å². The third-order valence-electron chi connectivity index (χ3n) is 4.47. The van der Waals surface area contributed by atoms with Crippen LogP contribution in [0.15, 0.2) is 40.6 Å². The minimum Gasteiger partial charge on any atom is -0.381 e. The average molecular weight is 301 g/mol. The van der Waals surface area contributed by atoms with E-state index < -0.39 is 0 Å². The third kappa shape index (κ3) is 2.91. The molecule has 6 heteroatoms. The van der Waals surface area contributed by atoms with Crippen LogP contribution in [0.1, 0.15) is 12.8 Å². The molecule has 3 saturated heterocycles. The number of fused-ring (bicyclic) bond motifs is 3. The molecule has 1 atom stereocenters. The van der Waals surface area contributed by atoms with Gasteiger partial charge in [0, 0.05) is 23.2 Å². The van der Waals surface area contributed by atoms with E-state index in [0.29, 0.717) is 6.04 Å². The summed E-state index contributed by atoms with van der Waals surface area (Å²) in [4.78, 5) is 7.88. The summed E-state index contributed by atoms with van der Waals surface area (Å²) in [6.07, 6.45) is 4.22. The van der Waals surface area contributed by atoms with E-state index in [1.54, 1.807) is 11.8 Å². The van der Waals surface area contributed by atoms with Gasteiger partial charge in [-0.1, -0.05) is 11.8 Å². The first kappa shape index (κ1) is 13.2. The Kier molecular flexibility index (Phi) is 3.57. The largest absolute Gasteiger partial charge is 0.381 e. The lowest BCUT2D eigenvalue weighted by Crippen LogP contribution is -2.53. The Balaban J connectivity index is 1.40. The van der Waals surface area contributed by atoms with Gasteiger partial charge in [0.2, 0.25) is 0 Å². The molecule has 1 aromatic heterocycles. The summed E-state index contributed by atoms with van der Waals surface area (Å²) in [7, 11) is 0. The van der Waals surface area contributed by atoms with Gasteiger partial charge in [-0.05, 0) is 56.1 Å². The molecule has 2 aromatic rings. The summed E-state index contributed by atoms with van der Waals surface area (Å²) in [6.45, 7) is 3.77. The first-order chi connectivity index (χ1) is 10.4. The van der Waals surface area contributed by atoms with Gasteiger partial charge in [-0.25, -0.2) is 4.98 Å². The zero-order valence-electron chi connectivity index (χ0n) is 11.8. The number of nitrogens with zero attached hydrogens (tertiary/aromatic N) is 3. The molecular formula is C15H19N5S. The Bertz CT molecular complexity index is 575. The van der Waals surface area contributed by atoms with Crippen molar-refractivity contribution in [1.82, 2.24) is 20.1 Å². The maximum Gasteiger partial charge on any atom is 0.188 e. The second-order valence-corrected chi connectivity index (χ2v) is 6.87. The number of rotatable bonds is 4. The molecule has 1 unspecified atom stereocenters. The molecule has 0 aliphatic carbocycles. The number of anilines is 1. The minimum absolute atomic E-state index is 0.611. The van der Waals surface area contributed by atoms with Crippen LogP contribution in [0.4, 0.5) is 5.69 Å². The van der Waals surface area contributed by atoms with Crippen molar-refractivity contribution in [2.75, 3.05) is 25.0 Å². The molecule has 0 saturated carbocycles. The molecule has 5 rings (SSSR count). The van der Waals surface area contributed by atoms with Gasteiger partial charge in [-0.15, -0.1) is 0 Å². The van der Waals surface area contributed by atoms with E-state index in [9.17, 15) is 0 Å². The Morgan fingerprint density at radius 2 is 2.00 bits per heavy atom. The highest BCUT2D eigenvalue weighted by molar-refractivity contribution is 7.99. The molecule has 3 aliphatic rings. The predicted octanol–water partition coefficient (Wildman–Crippen LogP) is 2.46. The number of hydrogen-bond donors (Lipinski definition) is 2. The summed E-state index contributed by atoms with van der Waals surface area (Å²) in [5.41, 5.74) is 1.22. The first-order valence-electron chi connectivity index (χ1n) is 7.49. The maximum atomic E-state index is 4.13. The summed E-state index contributed by atoms with van der Waals surface area (Å²) >= 11 is 1.60. The number of nitrogens with one attached hydrogen (secondary N) is 2. The van der Waals surface area contributed by atoms with Crippen molar-refractivity contribution in [3.63, 3.8) is 0 Å². The Labute approximate surface area is 128 Å². The highest BCUT2D eigenvalue weighted by Gasteiger charge is 2.33. The number of aromatic nitrogens is 3. The van der Waals surface area contributed by atoms with Crippen LogP contribution in [0.2, 0.25) is 0 Å². The van der Waals surface area contributed by atoms with E-state index in [1.165, 1.54) is 49.4 Å². The van der Waals surface area contributed by atoms with Gasteiger partial charge in [0.1, 0.15) is 6.33 Å². The molecule has 0 amide bonds. The molecule has 0 radical (unpaired) electrons. The number of hydrogen-bond acceptors (Lipinski definition) is 5. The second kappa shape index (κ2) is 5.69. The van der Waals surface area contributed by atoms with Crippen LogP contribution in [-0.4, -0.2) is 45.8 Å². The number of aromatic amines is 1. The Morgan fingerprint density at radius 1 is 1.19 bits per heavy atom. The molecule has 5 nitrogen and oxygen atoms in total. The van der Waals surface area contributed by atoms with Crippen LogP contribution in [0.5, 0.6) is 0 Å². The topological polar surface area (TPSA) is 56.8 Å². The molecule has 4 heterocycles. The Morgan fingerprint density at radius 3 is 2.62 bits per heavy atom. The van der Waals surface area contributed by atoms with Crippen molar-refractivity contribution < 1.29 is 0 Å². The highest BCUT2D eigenvalue weighted by Crippen LogP contribution is 2.30. The van der Waals surface area contributed by atoms with Gasteiger partial charge in [-0.2, -0.15) is 5.10 Å². The number of piperidine rings is 3. The summed E-state index contributed by atoms with van der Waals surface area (Å²) in [5.74, 6) is 0.846. The van der Waals surface area contributed by atoms with Crippen LogP contribution in [0.25, 0.3) is 0 Å². The normalized spacial score (nSPS) is 27.7. The van der Waals surface area contributed by atoms with Crippen molar-refractivity contribution in [2.45, 2.75) is 28.9 Å². The van der Waals surface area contributed by atoms with Crippen LogP contribution in [-0.2, 0) is 0 Å². The van der Waals surface area contributed by atoms with Gasteiger partial charge in [0.05, 0.1) is 0 Å². The fourth-order valence-corrected chi connectivity index (χ4v) is 4.01. The zero-order chi connectivity index (χ0) is 14.1. The molecule has 110 valence electrons. The zero-order valence-corrected chi connectivity index (χ0v) is 12.6. The van der Waals surface area contributed by atoms with Gasteiger partial charge in [0.25, 0.3) is 0 Å². The fourth-order valence-electron chi connectivity index (χ4n) is 3.32. The van der Waals surface area contributed by atoms with E-state index in [0.717, 1.165) is 11.1 Å². The number of H-pyrrole nitrogens is 1. The molecule has 3 fully saturated rings. The van der Waals surface area contributed by atoms with Gasteiger partial charge < -0.3 is 10.2 Å². The summed E-state index contributed by atoms with van der Waals surface area (Å²) in [6, 6.07) is 9.21. The monoisotopic (exact) mass is 301 g/mol. The standard InChI is InChI=1S/C15H19N5S/c1-3-13(21-15-16-10-17-19-15)4-2-12(1)18-14-9-20-7-5-11(14)6-8-20/h1-4,10-11,14,18H,5-9H2,(H,16,17,19). The average Bonchev–Trinajstić information content (AvgIpc) is 3.03. The number of benzene rings is 1. The first-order valence-corrected chi connectivity index (χ1v) is 8.31. The van der Waals surface area contributed by atoms with Gasteiger partial charge in [0.15, 0.2) is 5.16 Å². The van der Waals surface area contributed by atoms with E-state index in [4.69, 9.17) is 0 Å². The minimum atomic E-state index is 0.611. The van der Waals surface area contributed by atoms with E-state index >= 15 is 0 Å². The lowest BCUT2D eigenvalue weighted by molar-refractivity contribution is 0.0975. The van der Waals surface area contributed by atoms with Crippen molar-refractivity contribution in [3.8, 4) is 0 Å². The van der Waals surface area contributed by atoms with Gasteiger partial charge >= 0.3 is 0 Å². The molecule has 2 bridgehead atoms. The Hall–Kier alpha value is -1.53. The highest BCUT2D eigenvalue weighted by atomic mass is 32.2. The van der Waals surface area contributed by atoms with E-state index in [2.05, 4.69) is 49.7 Å². The van der Waals surface area contributed by atoms with Crippen LogP contribution >= 0.6 is 11.8 Å². The quantitative estimate of drug-likeness (QED) is 0.908. The second-order valence-electron chi connectivity index (χ2n) is 5.81. The van der Waals surface area contributed by atoms with E-state index in [-0.39, 0.29) is 0 Å². The SMILES string of the molecule is c1n[nH]c(Sc2ccc(NC3CN4CCC3CC4)cc2)n1. The lowest BCUT2D eigenvalue weighted by Gasteiger charge is -2.45. The molecule has 3 aliphatic heterocycles. The summed E-state index contributed by atoms with van der Waals surface area (Å²) in [5, 5.41) is 11.3. The molecule has 2 N–H and O–H groups in total.